The van der Waals surface area contributed by atoms with Gasteiger partial charge in [0, 0.05) is 31.2 Å². The highest BCUT2D eigenvalue weighted by Gasteiger charge is 2.33. The van der Waals surface area contributed by atoms with Gasteiger partial charge in [0.05, 0.1) is 4.88 Å². The van der Waals surface area contributed by atoms with Crippen molar-refractivity contribution < 1.29 is 9.59 Å². The van der Waals surface area contributed by atoms with Gasteiger partial charge in [0.15, 0.2) is 0 Å². The number of hydrogen-bond acceptors (Lipinski definition) is 4. The van der Waals surface area contributed by atoms with Crippen molar-refractivity contribution in [3.8, 4) is 0 Å². The molecule has 1 heterocycles. The van der Waals surface area contributed by atoms with Crippen LogP contribution in [0.2, 0.25) is 0 Å². The zero-order valence-corrected chi connectivity index (χ0v) is 17.5. The Balaban J connectivity index is 1.44. The molecule has 0 atom stereocenters. The average Bonchev–Trinajstić information content (AvgIpc) is 3.47. The van der Waals surface area contributed by atoms with Crippen molar-refractivity contribution in [1.82, 2.24) is 4.90 Å². The second-order valence-corrected chi connectivity index (χ2v) is 8.57. The van der Waals surface area contributed by atoms with Gasteiger partial charge in [-0.05, 0) is 53.1 Å². The van der Waals surface area contributed by atoms with E-state index in [9.17, 15) is 9.59 Å². The van der Waals surface area contributed by atoms with Gasteiger partial charge in [-0.1, -0.05) is 42.5 Å². The third kappa shape index (κ3) is 5.14. The van der Waals surface area contributed by atoms with Gasteiger partial charge < -0.3 is 16.0 Å². The molecule has 6 heteroatoms. The number of benzene rings is 2. The van der Waals surface area contributed by atoms with Crippen molar-refractivity contribution in [2.45, 2.75) is 32.5 Å². The van der Waals surface area contributed by atoms with Crippen LogP contribution in [0.25, 0.3) is 0 Å². The lowest BCUT2D eigenvalue weighted by atomic mass is 10.1. The summed E-state index contributed by atoms with van der Waals surface area (Å²) in [6.07, 6.45) is 1.96. The highest BCUT2D eigenvalue weighted by atomic mass is 32.1. The Morgan fingerprint density at radius 2 is 1.70 bits per heavy atom. The number of carbonyl (C=O) groups is 2. The first-order valence-corrected chi connectivity index (χ1v) is 11.0. The average molecular weight is 420 g/mol. The summed E-state index contributed by atoms with van der Waals surface area (Å²) in [6, 6.07) is 19.5. The number of hydrogen-bond donors (Lipinski definition) is 2. The number of nitrogens with two attached hydrogens (primary N) is 1. The number of nitrogens with zero attached hydrogens (tertiary/aromatic N) is 1. The molecule has 0 aliphatic heterocycles. The maximum atomic E-state index is 12.9. The van der Waals surface area contributed by atoms with Gasteiger partial charge in [-0.15, -0.1) is 11.3 Å². The summed E-state index contributed by atoms with van der Waals surface area (Å²) in [7, 11) is 0. The van der Waals surface area contributed by atoms with Gasteiger partial charge in [0.2, 0.25) is 5.91 Å². The molecule has 0 radical (unpaired) electrons. The lowest BCUT2D eigenvalue weighted by Crippen LogP contribution is -2.31. The molecule has 3 N–H and O–H groups in total. The van der Waals surface area contributed by atoms with Crippen LogP contribution < -0.4 is 11.1 Å². The van der Waals surface area contributed by atoms with E-state index in [0.29, 0.717) is 24.5 Å². The predicted octanol–water partition coefficient (Wildman–Crippen LogP) is 4.40. The van der Waals surface area contributed by atoms with Crippen LogP contribution in [-0.2, 0) is 24.4 Å². The zero-order chi connectivity index (χ0) is 20.9. The molecule has 1 aliphatic rings. The van der Waals surface area contributed by atoms with Crippen molar-refractivity contribution in [3.63, 3.8) is 0 Å². The third-order valence-corrected chi connectivity index (χ3v) is 6.04. The van der Waals surface area contributed by atoms with E-state index in [0.717, 1.165) is 35.2 Å². The predicted molar refractivity (Wildman–Crippen MR) is 120 cm³/mol. The van der Waals surface area contributed by atoms with Gasteiger partial charge in [-0.3, -0.25) is 9.59 Å². The van der Waals surface area contributed by atoms with E-state index in [1.807, 2.05) is 58.8 Å². The minimum absolute atomic E-state index is 0.108. The van der Waals surface area contributed by atoms with E-state index in [2.05, 4.69) is 11.4 Å². The smallest absolute Gasteiger partial charge is 0.265 e. The van der Waals surface area contributed by atoms with Crippen LogP contribution in [0, 0.1) is 5.92 Å². The summed E-state index contributed by atoms with van der Waals surface area (Å²) in [6.45, 7) is 1.60. The minimum Gasteiger partial charge on any atom is -0.334 e. The topological polar surface area (TPSA) is 75.4 Å². The third-order valence-electron chi connectivity index (χ3n) is 5.17. The van der Waals surface area contributed by atoms with Crippen molar-refractivity contribution in [3.05, 3.63) is 87.6 Å². The molecule has 3 aromatic rings. The fourth-order valence-corrected chi connectivity index (χ4v) is 4.01. The Morgan fingerprint density at radius 1 is 0.967 bits per heavy atom. The van der Waals surface area contributed by atoms with Crippen LogP contribution in [0.1, 0.15) is 39.2 Å². The first kappa shape index (κ1) is 20.3. The monoisotopic (exact) mass is 419 g/mol. The Kier molecular flexibility index (Phi) is 6.26. The number of rotatable bonds is 8. The Labute approximate surface area is 180 Å². The van der Waals surface area contributed by atoms with Gasteiger partial charge in [0.1, 0.15) is 0 Å². The maximum Gasteiger partial charge on any atom is 0.265 e. The van der Waals surface area contributed by atoms with Gasteiger partial charge in [0.25, 0.3) is 5.91 Å². The van der Waals surface area contributed by atoms with E-state index in [-0.39, 0.29) is 17.7 Å². The molecule has 0 spiro atoms. The second-order valence-electron chi connectivity index (χ2n) is 7.62. The van der Waals surface area contributed by atoms with E-state index < -0.39 is 0 Å². The molecule has 2 amide bonds. The van der Waals surface area contributed by atoms with Crippen molar-refractivity contribution in [1.29, 1.82) is 0 Å². The van der Waals surface area contributed by atoms with E-state index in [4.69, 9.17) is 5.73 Å². The van der Waals surface area contributed by atoms with Crippen LogP contribution >= 0.6 is 11.3 Å². The molecular formula is C24H25N3O2S. The fourth-order valence-electron chi connectivity index (χ4n) is 3.39. The van der Waals surface area contributed by atoms with Crippen LogP contribution in [0.15, 0.2) is 66.0 Å². The summed E-state index contributed by atoms with van der Waals surface area (Å²) in [4.78, 5) is 27.7. The quantitative estimate of drug-likeness (QED) is 0.568. The summed E-state index contributed by atoms with van der Waals surface area (Å²) < 4.78 is 0. The molecule has 30 heavy (non-hydrogen) atoms. The molecule has 154 valence electrons. The Bertz CT molecular complexity index is 1010. The molecule has 0 saturated heterocycles. The first-order chi connectivity index (χ1) is 14.6. The van der Waals surface area contributed by atoms with Crippen molar-refractivity contribution in [2.24, 2.45) is 11.7 Å². The highest BCUT2D eigenvalue weighted by Crippen LogP contribution is 2.32. The largest absolute Gasteiger partial charge is 0.334 e. The van der Waals surface area contributed by atoms with Crippen LogP contribution in [0.4, 0.5) is 5.69 Å². The number of thiophene rings is 1. The summed E-state index contributed by atoms with van der Waals surface area (Å²) >= 11 is 1.41. The molecule has 1 aliphatic carbocycles. The molecule has 0 bridgehead atoms. The standard InChI is InChI=1S/C24H25N3O2S/c25-14-18-3-1-4-19(13-18)16-27(24(29)20-8-9-20)15-17-6-10-21(11-7-17)26-23(28)22-5-2-12-30-22/h1-7,10-13,20H,8-9,14-16,25H2,(H,26,28). The lowest BCUT2D eigenvalue weighted by molar-refractivity contribution is -0.133. The number of carbonyl (C=O) groups excluding carboxylic acids is 2. The van der Waals surface area contributed by atoms with E-state index in [1.54, 1.807) is 6.07 Å². The summed E-state index contributed by atoms with van der Waals surface area (Å²) in [5.74, 6) is 0.262. The fraction of sp³-hybridized carbons (Fsp3) is 0.250. The number of anilines is 1. The molecule has 5 nitrogen and oxygen atoms in total. The minimum atomic E-state index is -0.108. The molecule has 0 unspecified atom stereocenters. The molecule has 1 fully saturated rings. The van der Waals surface area contributed by atoms with Gasteiger partial charge in [-0.25, -0.2) is 0 Å². The second kappa shape index (κ2) is 9.24. The SMILES string of the molecule is NCc1cccc(CN(Cc2ccc(NC(=O)c3cccs3)cc2)C(=O)C2CC2)c1. The number of nitrogens with one attached hydrogen (secondary N) is 1. The molecule has 2 aromatic carbocycles. The Morgan fingerprint density at radius 3 is 2.37 bits per heavy atom. The van der Waals surface area contributed by atoms with Gasteiger partial charge in [-0.2, -0.15) is 0 Å². The van der Waals surface area contributed by atoms with Crippen LogP contribution in [0.3, 0.4) is 0 Å². The zero-order valence-electron chi connectivity index (χ0n) is 16.7. The van der Waals surface area contributed by atoms with E-state index in [1.165, 1.54) is 11.3 Å². The molecule has 4 rings (SSSR count). The molecule has 1 saturated carbocycles. The Hall–Kier alpha value is -2.96. The van der Waals surface area contributed by atoms with Gasteiger partial charge >= 0.3 is 0 Å². The molecular weight excluding hydrogens is 394 g/mol. The maximum absolute atomic E-state index is 12.9. The highest BCUT2D eigenvalue weighted by molar-refractivity contribution is 7.12. The van der Waals surface area contributed by atoms with Crippen LogP contribution in [0.5, 0.6) is 0 Å². The number of amides is 2. The first-order valence-electron chi connectivity index (χ1n) is 10.1. The molecule has 1 aromatic heterocycles. The summed E-state index contributed by atoms with van der Waals surface area (Å²) in [5, 5.41) is 4.79. The normalized spacial score (nSPS) is 13.1. The summed E-state index contributed by atoms with van der Waals surface area (Å²) in [5.41, 5.74) is 9.70. The van der Waals surface area contributed by atoms with Crippen LogP contribution in [-0.4, -0.2) is 16.7 Å². The van der Waals surface area contributed by atoms with Crippen molar-refractivity contribution >= 4 is 28.8 Å². The van der Waals surface area contributed by atoms with E-state index >= 15 is 0 Å². The van der Waals surface area contributed by atoms with Crippen molar-refractivity contribution in [2.75, 3.05) is 5.32 Å². The lowest BCUT2D eigenvalue weighted by Gasteiger charge is -2.23.